The Morgan fingerprint density at radius 2 is 1.78 bits per heavy atom. The SMILES string of the molecule is CC[C@H](Oc1ccccc1)C(=O)N[C@@H]1CC(CC)(CC)Oc2ccccc21. The van der Waals surface area contributed by atoms with Gasteiger partial charge in [0.2, 0.25) is 0 Å². The van der Waals surface area contributed by atoms with Crippen LogP contribution in [0.5, 0.6) is 11.5 Å². The minimum absolute atomic E-state index is 0.0734. The summed E-state index contributed by atoms with van der Waals surface area (Å²) < 4.78 is 12.2. The molecular formula is C23H29NO3. The summed E-state index contributed by atoms with van der Waals surface area (Å²) in [6.45, 7) is 6.25. The number of hydrogen-bond acceptors (Lipinski definition) is 3. The molecule has 0 fully saturated rings. The van der Waals surface area contributed by atoms with E-state index < -0.39 is 6.10 Å². The molecule has 3 rings (SSSR count). The van der Waals surface area contributed by atoms with Crippen LogP contribution in [0.15, 0.2) is 54.6 Å². The lowest BCUT2D eigenvalue weighted by Gasteiger charge is -2.42. The summed E-state index contributed by atoms with van der Waals surface area (Å²) in [4.78, 5) is 13.0. The fraction of sp³-hybridized carbons (Fsp3) is 0.435. The largest absolute Gasteiger partial charge is 0.487 e. The van der Waals surface area contributed by atoms with E-state index in [-0.39, 0.29) is 17.6 Å². The fourth-order valence-corrected chi connectivity index (χ4v) is 3.68. The molecule has 1 amide bonds. The first-order valence-corrected chi connectivity index (χ1v) is 9.90. The zero-order chi connectivity index (χ0) is 19.3. The van der Waals surface area contributed by atoms with Gasteiger partial charge >= 0.3 is 0 Å². The minimum Gasteiger partial charge on any atom is -0.487 e. The number of ether oxygens (including phenoxy) is 2. The number of carbonyl (C=O) groups excluding carboxylic acids is 1. The van der Waals surface area contributed by atoms with E-state index in [1.807, 2.05) is 61.5 Å². The van der Waals surface area contributed by atoms with Crippen molar-refractivity contribution in [3.63, 3.8) is 0 Å². The lowest BCUT2D eigenvalue weighted by molar-refractivity contribution is -0.129. The van der Waals surface area contributed by atoms with Gasteiger partial charge in [-0.25, -0.2) is 0 Å². The second-order valence-electron chi connectivity index (χ2n) is 7.12. The molecule has 0 aliphatic carbocycles. The highest BCUT2D eigenvalue weighted by atomic mass is 16.5. The van der Waals surface area contributed by atoms with Crippen LogP contribution < -0.4 is 14.8 Å². The molecule has 0 aromatic heterocycles. The van der Waals surface area contributed by atoms with E-state index in [0.29, 0.717) is 12.2 Å². The van der Waals surface area contributed by atoms with E-state index in [4.69, 9.17) is 9.47 Å². The van der Waals surface area contributed by atoms with Crippen molar-refractivity contribution in [1.29, 1.82) is 0 Å². The van der Waals surface area contributed by atoms with Gasteiger partial charge in [0.05, 0.1) is 6.04 Å². The average Bonchev–Trinajstić information content (AvgIpc) is 2.72. The van der Waals surface area contributed by atoms with Gasteiger partial charge in [0, 0.05) is 12.0 Å². The zero-order valence-corrected chi connectivity index (χ0v) is 16.4. The van der Waals surface area contributed by atoms with Gasteiger partial charge in [-0.05, 0) is 37.5 Å². The minimum atomic E-state index is -0.514. The summed E-state index contributed by atoms with van der Waals surface area (Å²) in [6, 6.07) is 17.4. The lowest BCUT2D eigenvalue weighted by atomic mass is 9.83. The number of fused-ring (bicyclic) bond motifs is 1. The van der Waals surface area contributed by atoms with Gasteiger partial charge < -0.3 is 14.8 Å². The summed E-state index contributed by atoms with van der Waals surface area (Å²) in [5.41, 5.74) is 0.798. The van der Waals surface area contributed by atoms with Gasteiger partial charge in [-0.15, -0.1) is 0 Å². The maximum Gasteiger partial charge on any atom is 0.261 e. The highest BCUT2D eigenvalue weighted by Gasteiger charge is 2.39. The molecule has 0 bridgehead atoms. The van der Waals surface area contributed by atoms with Crippen molar-refractivity contribution in [2.75, 3.05) is 0 Å². The van der Waals surface area contributed by atoms with Crippen LogP contribution in [0.3, 0.4) is 0 Å². The maximum absolute atomic E-state index is 13.0. The zero-order valence-electron chi connectivity index (χ0n) is 16.4. The monoisotopic (exact) mass is 367 g/mol. The number of amides is 1. The molecule has 0 radical (unpaired) electrons. The summed E-state index contributed by atoms with van der Waals surface area (Å²) in [7, 11) is 0. The number of hydrogen-bond donors (Lipinski definition) is 1. The molecule has 4 nitrogen and oxygen atoms in total. The van der Waals surface area contributed by atoms with E-state index in [2.05, 4.69) is 19.2 Å². The Labute approximate surface area is 161 Å². The van der Waals surface area contributed by atoms with Gasteiger partial charge in [-0.1, -0.05) is 57.2 Å². The van der Waals surface area contributed by atoms with Crippen molar-refractivity contribution in [3.8, 4) is 11.5 Å². The summed E-state index contributed by atoms with van der Waals surface area (Å²) in [5.74, 6) is 1.50. The predicted octanol–water partition coefficient (Wildman–Crippen LogP) is 5.04. The van der Waals surface area contributed by atoms with Crippen LogP contribution >= 0.6 is 0 Å². The van der Waals surface area contributed by atoms with Gasteiger partial charge in [-0.3, -0.25) is 4.79 Å². The standard InChI is InChI=1S/C23H29NO3/c1-4-20(26-17-12-8-7-9-13-17)22(25)24-19-16-23(5-2,6-3)27-21-15-11-10-14-18(19)21/h7-15,19-20H,4-6,16H2,1-3H3,(H,24,25)/t19-,20+/m1/s1. The number of carbonyl (C=O) groups is 1. The fourth-order valence-electron chi connectivity index (χ4n) is 3.68. The Bertz CT molecular complexity index is 755. The maximum atomic E-state index is 13.0. The Morgan fingerprint density at radius 1 is 1.11 bits per heavy atom. The van der Waals surface area contributed by atoms with Gasteiger partial charge in [0.15, 0.2) is 6.10 Å². The molecule has 1 aliphatic rings. The number of para-hydroxylation sites is 2. The van der Waals surface area contributed by atoms with Crippen molar-refractivity contribution in [3.05, 3.63) is 60.2 Å². The first-order chi connectivity index (χ1) is 13.1. The quantitative estimate of drug-likeness (QED) is 0.745. The summed E-state index contributed by atoms with van der Waals surface area (Å²) in [6.07, 6.45) is 2.67. The van der Waals surface area contributed by atoms with E-state index >= 15 is 0 Å². The predicted molar refractivity (Wildman–Crippen MR) is 107 cm³/mol. The van der Waals surface area contributed by atoms with Crippen LogP contribution in [-0.2, 0) is 4.79 Å². The highest BCUT2D eigenvalue weighted by molar-refractivity contribution is 5.81. The highest BCUT2D eigenvalue weighted by Crippen LogP contribution is 2.42. The normalized spacial score (nSPS) is 18.7. The Hall–Kier alpha value is -2.49. The molecule has 0 unspecified atom stereocenters. The van der Waals surface area contributed by atoms with E-state index in [0.717, 1.165) is 30.6 Å². The smallest absolute Gasteiger partial charge is 0.261 e. The third-order valence-corrected chi connectivity index (χ3v) is 5.49. The van der Waals surface area contributed by atoms with Crippen molar-refractivity contribution in [1.82, 2.24) is 5.32 Å². The second-order valence-corrected chi connectivity index (χ2v) is 7.12. The molecule has 0 saturated carbocycles. The first-order valence-electron chi connectivity index (χ1n) is 9.90. The van der Waals surface area contributed by atoms with Crippen LogP contribution in [0.1, 0.15) is 58.1 Å². The summed E-state index contributed by atoms with van der Waals surface area (Å²) >= 11 is 0. The van der Waals surface area contributed by atoms with Crippen molar-refractivity contribution in [2.24, 2.45) is 0 Å². The molecule has 144 valence electrons. The second kappa shape index (κ2) is 8.47. The molecule has 1 aliphatic heterocycles. The topological polar surface area (TPSA) is 47.6 Å². The van der Waals surface area contributed by atoms with Crippen molar-refractivity contribution >= 4 is 5.91 Å². The molecule has 2 aromatic carbocycles. The van der Waals surface area contributed by atoms with Crippen molar-refractivity contribution in [2.45, 2.75) is 64.2 Å². The molecule has 2 aromatic rings. The molecule has 0 spiro atoms. The Morgan fingerprint density at radius 3 is 2.44 bits per heavy atom. The van der Waals surface area contributed by atoms with Crippen molar-refractivity contribution < 1.29 is 14.3 Å². The Kier molecular flexibility index (Phi) is 6.04. The van der Waals surface area contributed by atoms with Crippen LogP contribution in [0.4, 0.5) is 0 Å². The lowest BCUT2D eigenvalue weighted by Crippen LogP contribution is -2.47. The molecule has 27 heavy (non-hydrogen) atoms. The van der Waals surface area contributed by atoms with E-state index in [1.165, 1.54) is 0 Å². The number of benzene rings is 2. The van der Waals surface area contributed by atoms with E-state index in [9.17, 15) is 4.79 Å². The Balaban J connectivity index is 1.79. The van der Waals surface area contributed by atoms with Crippen LogP contribution in [0.2, 0.25) is 0 Å². The first kappa shape index (κ1) is 19.3. The number of rotatable bonds is 7. The van der Waals surface area contributed by atoms with E-state index in [1.54, 1.807) is 0 Å². The van der Waals surface area contributed by atoms with Crippen LogP contribution in [0.25, 0.3) is 0 Å². The average molecular weight is 367 g/mol. The molecule has 4 heteroatoms. The molecule has 0 saturated heterocycles. The van der Waals surface area contributed by atoms with Crippen LogP contribution in [-0.4, -0.2) is 17.6 Å². The van der Waals surface area contributed by atoms with Crippen LogP contribution in [0, 0.1) is 0 Å². The summed E-state index contributed by atoms with van der Waals surface area (Å²) in [5, 5.41) is 3.23. The third kappa shape index (κ3) is 4.26. The van der Waals surface area contributed by atoms with Gasteiger partial charge in [0.1, 0.15) is 17.1 Å². The molecule has 1 heterocycles. The third-order valence-electron chi connectivity index (χ3n) is 5.49. The molecular weight excluding hydrogens is 338 g/mol. The molecule has 1 N–H and O–H groups in total. The molecule has 2 atom stereocenters. The van der Waals surface area contributed by atoms with Gasteiger partial charge in [-0.2, -0.15) is 0 Å². The van der Waals surface area contributed by atoms with Gasteiger partial charge in [0.25, 0.3) is 5.91 Å². The number of nitrogens with one attached hydrogen (secondary N) is 1.